The lowest BCUT2D eigenvalue weighted by atomic mass is 10.0. The van der Waals surface area contributed by atoms with E-state index in [2.05, 4.69) is 22.2 Å². The number of nitrogens with zero attached hydrogens (tertiary/aromatic N) is 2. The zero-order valence-corrected chi connectivity index (χ0v) is 17.8. The third-order valence-electron chi connectivity index (χ3n) is 4.56. The molecule has 0 radical (unpaired) electrons. The molecule has 3 rings (SSSR count). The van der Waals surface area contributed by atoms with Crippen LogP contribution in [0.1, 0.15) is 47.7 Å². The molecule has 154 valence electrons. The largest absolute Gasteiger partial charge is 0.322 e. The Kier molecular flexibility index (Phi) is 8.15. The fourth-order valence-electron chi connectivity index (χ4n) is 2.90. The molecule has 2 heterocycles. The van der Waals surface area contributed by atoms with Gasteiger partial charge in [-0.15, -0.1) is 11.8 Å². The van der Waals surface area contributed by atoms with Crippen LogP contribution in [0.4, 0.5) is 5.69 Å². The number of hydrogen-bond acceptors (Lipinski definition) is 5. The smallest absolute Gasteiger partial charge is 0.258 e. The zero-order valence-electron chi connectivity index (χ0n) is 17.0. The minimum atomic E-state index is -0.202. The van der Waals surface area contributed by atoms with Gasteiger partial charge in [0.25, 0.3) is 5.91 Å². The van der Waals surface area contributed by atoms with Crippen LogP contribution >= 0.6 is 11.8 Å². The molecule has 0 aliphatic heterocycles. The molecule has 5 nitrogen and oxygen atoms in total. The van der Waals surface area contributed by atoms with Gasteiger partial charge in [0.05, 0.1) is 5.56 Å². The minimum Gasteiger partial charge on any atom is -0.322 e. The van der Waals surface area contributed by atoms with Crippen LogP contribution in [-0.4, -0.2) is 21.7 Å². The summed E-state index contributed by atoms with van der Waals surface area (Å²) in [5.41, 5.74) is 3.31. The number of ketones is 1. The first kappa shape index (κ1) is 21.7. The van der Waals surface area contributed by atoms with Crippen LogP contribution in [0.3, 0.4) is 0 Å². The van der Waals surface area contributed by atoms with E-state index in [4.69, 9.17) is 0 Å². The van der Waals surface area contributed by atoms with Crippen LogP contribution in [0.25, 0.3) is 0 Å². The van der Waals surface area contributed by atoms with Crippen LogP contribution in [0.5, 0.6) is 0 Å². The lowest BCUT2D eigenvalue weighted by Crippen LogP contribution is -2.13. The molecule has 0 spiro atoms. The monoisotopic (exact) mass is 419 g/mol. The van der Waals surface area contributed by atoms with Gasteiger partial charge >= 0.3 is 0 Å². The molecule has 0 saturated carbocycles. The van der Waals surface area contributed by atoms with E-state index < -0.39 is 0 Å². The summed E-state index contributed by atoms with van der Waals surface area (Å²) < 4.78 is 0. The van der Waals surface area contributed by atoms with Crippen molar-refractivity contribution in [1.82, 2.24) is 9.97 Å². The van der Waals surface area contributed by atoms with Gasteiger partial charge in [0.2, 0.25) is 0 Å². The molecule has 1 amide bonds. The number of anilines is 1. The Morgan fingerprint density at radius 2 is 1.73 bits per heavy atom. The molecule has 1 aromatic carbocycles. The van der Waals surface area contributed by atoms with Crippen molar-refractivity contribution < 1.29 is 9.59 Å². The number of Topliss-reactive ketones (excluding diaryl/α,β-unsaturated/α-hetero) is 1. The maximum Gasteiger partial charge on any atom is 0.258 e. The van der Waals surface area contributed by atoms with Crippen molar-refractivity contribution in [2.24, 2.45) is 0 Å². The molecule has 1 N–H and O–H groups in total. The lowest BCUT2D eigenvalue weighted by molar-refractivity contribution is -0.118. The van der Waals surface area contributed by atoms with E-state index in [1.807, 2.05) is 36.4 Å². The highest BCUT2D eigenvalue weighted by molar-refractivity contribution is 7.98. The number of nitrogens with one attached hydrogen (secondary N) is 1. The number of aromatic nitrogens is 2. The van der Waals surface area contributed by atoms with Crippen molar-refractivity contribution in [2.75, 3.05) is 5.32 Å². The molecule has 0 aliphatic rings. The van der Waals surface area contributed by atoms with Crippen molar-refractivity contribution in [3.05, 3.63) is 83.8 Å². The van der Waals surface area contributed by atoms with Gasteiger partial charge in [0, 0.05) is 42.9 Å². The molecule has 0 atom stereocenters. The molecule has 0 unspecified atom stereocenters. The molecular weight excluding hydrogens is 394 g/mol. The first-order chi connectivity index (χ1) is 14.7. The predicted molar refractivity (Wildman–Crippen MR) is 121 cm³/mol. The minimum absolute atomic E-state index is 0.202. The highest BCUT2D eigenvalue weighted by atomic mass is 32.2. The van der Waals surface area contributed by atoms with Gasteiger partial charge in [-0.2, -0.15) is 0 Å². The van der Waals surface area contributed by atoms with Gasteiger partial charge in [0.1, 0.15) is 10.8 Å². The maximum absolute atomic E-state index is 12.8. The van der Waals surface area contributed by atoms with Crippen LogP contribution < -0.4 is 5.32 Å². The molecule has 30 heavy (non-hydrogen) atoms. The number of thioether (sulfide) groups is 1. The second kappa shape index (κ2) is 11.3. The highest BCUT2D eigenvalue weighted by Gasteiger charge is 2.13. The van der Waals surface area contributed by atoms with Crippen molar-refractivity contribution in [3.63, 3.8) is 0 Å². The first-order valence-electron chi connectivity index (χ1n) is 10.0. The molecule has 0 aliphatic carbocycles. The van der Waals surface area contributed by atoms with E-state index in [0.717, 1.165) is 24.0 Å². The van der Waals surface area contributed by atoms with Crippen molar-refractivity contribution >= 4 is 29.1 Å². The Morgan fingerprint density at radius 1 is 0.967 bits per heavy atom. The second-order valence-corrected chi connectivity index (χ2v) is 7.93. The summed E-state index contributed by atoms with van der Waals surface area (Å²) in [5.74, 6) is 0.757. The van der Waals surface area contributed by atoms with Gasteiger partial charge < -0.3 is 5.32 Å². The number of pyridine rings is 2. The SMILES string of the molecule is CCCCC(=O)Cc1ccc(NC(=O)c2cccnc2SCc2ccncc2)cc1. The molecule has 2 aromatic heterocycles. The summed E-state index contributed by atoms with van der Waals surface area (Å²) in [6, 6.07) is 14.9. The molecular formula is C24H25N3O2S. The van der Waals surface area contributed by atoms with Gasteiger partial charge in [-0.3, -0.25) is 14.6 Å². The van der Waals surface area contributed by atoms with E-state index in [0.29, 0.717) is 34.9 Å². The summed E-state index contributed by atoms with van der Waals surface area (Å²) in [7, 11) is 0. The van der Waals surface area contributed by atoms with E-state index in [-0.39, 0.29) is 11.7 Å². The average molecular weight is 420 g/mol. The van der Waals surface area contributed by atoms with Gasteiger partial charge in [-0.05, 0) is 53.9 Å². The molecule has 3 aromatic rings. The van der Waals surface area contributed by atoms with Crippen LogP contribution in [0, 0.1) is 0 Å². The molecule has 0 saturated heterocycles. The summed E-state index contributed by atoms with van der Waals surface area (Å²) in [6.45, 7) is 2.08. The number of carbonyl (C=O) groups is 2. The summed E-state index contributed by atoms with van der Waals surface area (Å²) in [6.07, 6.45) is 8.21. The number of unbranched alkanes of at least 4 members (excludes halogenated alkanes) is 1. The Morgan fingerprint density at radius 3 is 2.47 bits per heavy atom. The van der Waals surface area contributed by atoms with Crippen LogP contribution in [-0.2, 0) is 17.0 Å². The number of benzene rings is 1. The number of carbonyl (C=O) groups excluding carboxylic acids is 2. The van der Waals surface area contributed by atoms with Crippen molar-refractivity contribution in [2.45, 2.75) is 43.4 Å². The number of hydrogen-bond donors (Lipinski definition) is 1. The van der Waals surface area contributed by atoms with E-state index in [1.54, 1.807) is 30.7 Å². The third kappa shape index (κ3) is 6.52. The topological polar surface area (TPSA) is 72.0 Å². The number of rotatable bonds is 10. The normalized spacial score (nSPS) is 10.6. The molecule has 0 fully saturated rings. The summed E-state index contributed by atoms with van der Waals surface area (Å²) in [5, 5.41) is 3.61. The van der Waals surface area contributed by atoms with Crippen LogP contribution in [0.15, 0.2) is 72.1 Å². The third-order valence-corrected chi connectivity index (χ3v) is 5.64. The first-order valence-corrected chi connectivity index (χ1v) is 11.0. The lowest BCUT2D eigenvalue weighted by Gasteiger charge is -2.10. The Bertz CT molecular complexity index is 975. The Labute approximate surface area is 181 Å². The molecule has 6 heteroatoms. The fourth-order valence-corrected chi connectivity index (χ4v) is 3.85. The maximum atomic E-state index is 12.8. The fraction of sp³-hybridized carbons (Fsp3) is 0.250. The van der Waals surface area contributed by atoms with Crippen molar-refractivity contribution in [3.8, 4) is 0 Å². The molecule has 0 bridgehead atoms. The average Bonchev–Trinajstić information content (AvgIpc) is 2.78. The summed E-state index contributed by atoms with van der Waals surface area (Å²) >= 11 is 1.52. The quantitative estimate of drug-likeness (QED) is 0.450. The second-order valence-electron chi connectivity index (χ2n) is 6.97. The van der Waals surface area contributed by atoms with Crippen LogP contribution in [0.2, 0.25) is 0 Å². The van der Waals surface area contributed by atoms with E-state index in [1.165, 1.54) is 11.8 Å². The van der Waals surface area contributed by atoms with E-state index >= 15 is 0 Å². The Hall–Kier alpha value is -2.99. The van der Waals surface area contributed by atoms with Crippen molar-refractivity contribution in [1.29, 1.82) is 0 Å². The van der Waals surface area contributed by atoms with Gasteiger partial charge in [-0.25, -0.2) is 4.98 Å². The predicted octanol–water partition coefficient (Wildman–Crippen LogP) is 5.32. The highest BCUT2D eigenvalue weighted by Crippen LogP contribution is 2.25. The zero-order chi connectivity index (χ0) is 21.2. The van der Waals surface area contributed by atoms with E-state index in [9.17, 15) is 9.59 Å². The standard InChI is InChI=1S/C24H25N3O2S/c1-2-3-5-21(28)16-18-7-9-20(10-8-18)27-23(29)22-6-4-13-26-24(22)30-17-19-11-14-25-15-12-19/h4,6-15H,2-3,5,16-17H2,1H3,(H,27,29). The van der Waals surface area contributed by atoms with Gasteiger partial charge in [0.15, 0.2) is 0 Å². The van der Waals surface area contributed by atoms with Gasteiger partial charge in [-0.1, -0.05) is 25.5 Å². The Balaban J connectivity index is 1.61. The summed E-state index contributed by atoms with van der Waals surface area (Å²) in [4.78, 5) is 33.1. The number of amides is 1.